The standard InChI is InChI=1S/C16H17BrOS/c1-10-4-7-14(19-10)15(17)11-5-6-13-12(8-11)9-16(2,3)18-13/h4-8,15H,9H2,1-3H3. The fourth-order valence-corrected chi connectivity index (χ4v) is 4.14. The van der Waals surface area contributed by atoms with Crippen LogP contribution in [-0.4, -0.2) is 5.60 Å². The average molecular weight is 337 g/mol. The van der Waals surface area contributed by atoms with Crippen LogP contribution in [0.25, 0.3) is 0 Å². The quantitative estimate of drug-likeness (QED) is 0.680. The molecule has 0 spiro atoms. The molecule has 0 fully saturated rings. The van der Waals surface area contributed by atoms with Crippen LogP contribution in [0.15, 0.2) is 30.3 Å². The maximum absolute atomic E-state index is 5.93. The van der Waals surface area contributed by atoms with Crippen molar-refractivity contribution in [1.29, 1.82) is 0 Å². The molecule has 0 bridgehead atoms. The molecule has 1 atom stereocenters. The van der Waals surface area contributed by atoms with Crippen LogP contribution in [0.5, 0.6) is 5.75 Å². The van der Waals surface area contributed by atoms with Crippen LogP contribution >= 0.6 is 27.3 Å². The minimum Gasteiger partial charge on any atom is -0.487 e. The first-order valence-electron chi connectivity index (χ1n) is 6.47. The highest BCUT2D eigenvalue weighted by molar-refractivity contribution is 9.09. The van der Waals surface area contributed by atoms with Crippen LogP contribution < -0.4 is 4.74 Å². The van der Waals surface area contributed by atoms with Crippen LogP contribution in [0.3, 0.4) is 0 Å². The number of hydrogen-bond donors (Lipinski definition) is 0. The number of halogens is 1. The van der Waals surface area contributed by atoms with Gasteiger partial charge in [-0.3, -0.25) is 0 Å². The summed E-state index contributed by atoms with van der Waals surface area (Å²) in [6, 6.07) is 10.9. The van der Waals surface area contributed by atoms with E-state index in [1.807, 2.05) is 11.3 Å². The molecule has 0 N–H and O–H groups in total. The second-order valence-electron chi connectivity index (χ2n) is 5.72. The molecule has 0 aliphatic carbocycles. The van der Waals surface area contributed by atoms with Crippen molar-refractivity contribution in [1.82, 2.24) is 0 Å². The molecule has 1 aromatic heterocycles. The molecule has 1 aromatic carbocycles. The summed E-state index contributed by atoms with van der Waals surface area (Å²) in [5.74, 6) is 1.04. The van der Waals surface area contributed by atoms with Crippen molar-refractivity contribution in [2.45, 2.75) is 37.6 Å². The summed E-state index contributed by atoms with van der Waals surface area (Å²) >= 11 is 5.66. The highest BCUT2D eigenvalue weighted by Gasteiger charge is 2.30. The predicted octanol–water partition coefficient (Wildman–Crippen LogP) is 5.25. The van der Waals surface area contributed by atoms with Crippen molar-refractivity contribution in [3.63, 3.8) is 0 Å². The summed E-state index contributed by atoms with van der Waals surface area (Å²) in [4.78, 5) is 2.99. The smallest absolute Gasteiger partial charge is 0.123 e. The van der Waals surface area contributed by atoms with E-state index in [4.69, 9.17) is 4.74 Å². The third-order valence-electron chi connectivity index (χ3n) is 3.39. The summed E-state index contributed by atoms with van der Waals surface area (Å²) in [5, 5.41) is 0. The molecule has 2 aromatic rings. The minimum atomic E-state index is -0.0672. The second-order valence-corrected chi connectivity index (χ2v) is 7.95. The highest BCUT2D eigenvalue weighted by atomic mass is 79.9. The average Bonchev–Trinajstić information content (AvgIpc) is 2.88. The van der Waals surface area contributed by atoms with Gasteiger partial charge >= 0.3 is 0 Å². The molecule has 2 heterocycles. The van der Waals surface area contributed by atoms with Crippen molar-refractivity contribution in [2.24, 2.45) is 0 Å². The molecule has 1 aliphatic rings. The molecule has 3 rings (SSSR count). The Balaban J connectivity index is 1.92. The summed E-state index contributed by atoms with van der Waals surface area (Å²) in [5.41, 5.74) is 2.56. The van der Waals surface area contributed by atoms with Gasteiger partial charge in [-0.15, -0.1) is 11.3 Å². The Morgan fingerprint density at radius 3 is 2.74 bits per heavy atom. The van der Waals surface area contributed by atoms with E-state index in [2.05, 4.69) is 67.0 Å². The number of rotatable bonds is 2. The summed E-state index contributed by atoms with van der Waals surface area (Å²) in [6.07, 6.45) is 0.985. The van der Waals surface area contributed by atoms with Gasteiger partial charge in [-0.05, 0) is 50.1 Å². The van der Waals surface area contributed by atoms with E-state index in [9.17, 15) is 0 Å². The molecular weight excluding hydrogens is 320 g/mol. The summed E-state index contributed by atoms with van der Waals surface area (Å²) in [6.45, 7) is 6.43. The lowest BCUT2D eigenvalue weighted by molar-refractivity contribution is 0.138. The molecule has 0 amide bonds. The molecular formula is C16H17BrOS. The highest BCUT2D eigenvalue weighted by Crippen LogP contribution is 2.40. The Morgan fingerprint density at radius 2 is 2.05 bits per heavy atom. The molecule has 1 aliphatic heterocycles. The first kappa shape index (κ1) is 13.2. The van der Waals surface area contributed by atoms with E-state index in [0.29, 0.717) is 0 Å². The normalized spacial score (nSPS) is 17.9. The lowest BCUT2D eigenvalue weighted by Gasteiger charge is -2.16. The van der Waals surface area contributed by atoms with Crippen LogP contribution in [0.2, 0.25) is 0 Å². The fourth-order valence-electron chi connectivity index (χ4n) is 2.54. The van der Waals surface area contributed by atoms with E-state index in [1.54, 1.807) is 0 Å². The topological polar surface area (TPSA) is 9.23 Å². The molecule has 100 valence electrons. The van der Waals surface area contributed by atoms with E-state index in [-0.39, 0.29) is 10.4 Å². The van der Waals surface area contributed by atoms with Crippen molar-refractivity contribution < 1.29 is 4.74 Å². The van der Waals surface area contributed by atoms with Gasteiger partial charge < -0.3 is 4.74 Å². The van der Waals surface area contributed by atoms with E-state index >= 15 is 0 Å². The first-order valence-corrected chi connectivity index (χ1v) is 8.20. The Labute approximate surface area is 126 Å². The second kappa shape index (κ2) is 4.64. The van der Waals surface area contributed by atoms with Crippen LogP contribution in [-0.2, 0) is 6.42 Å². The third kappa shape index (κ3) is 2.59. The van der Waals surface area contributed by atoms with Crippen molar-refractivity contribution in [3.8, 4) is 5.75 Å². The van der Waals surface area contributed by atoms with E-state index < -0.39 is 0 Å². The number of alkyl halides is 1. The number of ether oxygens (including phenoxy) is 1. The summed E-state index contributed by atoms with van der Waals surface area (Å²) < 4.78 is 5.93. The Morgan fingerprint density at radius 1 is 1.26 bits per heavy atom. The number of benzene rings is 1. The first-order chi connectivity index (χ1) is 8.94. The van der Waals surface area contributed by atoms with E-state index in [0.717, 1.165) is 12.2 Å². The zero-order valence-corrected chi connectivity index (χ0v) is 13.8. The molecule has 0 radical (unpaired) electrons. The van der Waals surface area contributed by atoms with Gasteiger partial charge in [0.1, 0.15) is 11.4 Å². The molecule has 0 saturated carbocycles. The SMILES string of the molecule is Cc1ccc(C(Br)c2ccc3c(c2)CC(C)(C)O3)s1. The Hall–Kier alpha value is -0.800. The van der Waals surface area contributed by atoms with Crippen LogP contribution in [0.4, 0.5) is 0 Å². The van der Waals surface area contributed by atoms with Gasteiger partial charge in [0.25, 0.3) is 0 Å². The largest absolute Gasteiger partial charge is 0.487 e. The van der Waals surface area contributed by atoms with Gasteiger partial charge in [-0.25, -0.2) is 0 Å². The van der Waals surface area contributed by atoms with Gasteiger partial charge in [0.15, 0.2) is 0 Å². The molecule has 1 unspecified atom stereocenters. The molecule has 0 saturated heterocycles. The minimum absolute atomic E-state index is 0.0672. The van der Waals surface area contributed by atoms with Crippen molar-refractivity contribution in [3.05, 3.63) is 51.2 Å². The van der Waals surface area contributed by atoms with Gasteiger partial charge in [-0.2, -0.15) is 0 Å². The third-order valence-corrected chi connectivity index (χ3v) is 5.78. The molecule has 1 nitrogen and oxygen atoms in total. The number of hydrogen-bond acceptors (Lipinski definition) is 2. The maximum Gasteiger partial charge on any atom is 0.123 e. The zero-order valence-electron chi connectivity index (χ0n) is 11.4. The summed E-state index contributed by atoms with van der Waals surface area (Å²) in [7, 11) is 0. The van der Waals surface area contributed by atoms with E-state index in [1.165, 1.54) is 20.9 Å². The van der Waals surface area contributed by atoms with Gasteiger partial charge in [0.05, 0.1) is 4.83 Å². The number of aryl methyl sites for hydroxylation is 1. The van der Waals surface area contributed by atoms with Crippen molar-refractivity contribution in [2.75, 3.05) is 0 Å². The monoisotopic (exact) mass is 336 g/mol. The Kier molecular flexibility index (Phi) is 3.22. The Bertz CT molecular complexity index is 615. The van der Waals surface area contributed by atoms with Gasteiger partial charge in [0, 0.05) is 16.2 Å². The van der Waals surface area contributed by atoms with Gasteiger partial charge in [-0.1, -0.05) is 28.1 Å². The zero-order chi connectivity index (χ0) is 13.6. The fraction of sp³-hybridized carbons (Fsp3) is 0.375. The lowest BCUT2D eigenvalue weighted by atomic mass is 9.99. The van der Waals surface area contributed by atoms with Crippen molar-refractivity contribution >= 4 is 27.3 Å². The maximum atomic E-state index is 5.93. The van der Waals surface area contributed by atoms with Crippen LogP contribution in [0, 0.1) is 6.92 Å². The van der Waals surface area contributed by atoms with Gasteiger partial charge in [0.2, 0.25) is 0 Å². The number of thiophene rings is 1. The number of fused-ring (bicyclic) bond motifs is 1. The molecule has 3 heteroatoms. The lowest BCUT2D eigenvalue weighted by Crippen LogP contribution is -2.24. The van der Waals surface area contributed by atoms with Crippen LogP contribution in [0.1, 0.15) is 39.6 Å². The molecule has 19 heavy (non-hydrogen) atoms. The predicted molar refractivity (Wildman–Crippen MR) is 84.7 cm³/mol.